The summed E-state index contributed by atoms with van der Waals surface area (Å²) in [5, 5.41) is 0. The van der Waals surface area contributed by atoms with E-state index >= 15 is 0 Å². The van der Waals surface area contributed by atoms with Crippen LogP contribution in [0.5, 0.6) is 0 Å². The highest BCUT2D eigenvalue weighted by Crippen LogP contribution is 2.30. The zero-order valence-corrected chi connectivity index (χ0v) is 13.3. The van der Waals surface area contributed by atoms with Crippen molar-refractivity contribution in [2.75, 3.05) is 25.4 Å². The molecule has 0 saturated carbocycles. The van der Waals surface area contributed by atoms with Gasteiger partial charge in [0.2, 0.25) is 0 Å². The van der Waals surface area contributed by atoms with Crippen LogP contribution in [0.15, 0.2) is 24.3 Å². The van der Waals surface area contributed by atoms with E-state index in [0.717, 1.165) is 26.1 Å². The third kappa shape index (κ3) is 4.47. The van der Waals surface area contributed by atoms with E-state index in [1.807, 2.05) is 17.8 Å². The fraction of sp³-hybridized carbons (Fsp3) is 0.625. The largest absolute Gasteiger partial charge is 0.324 e. The van der Waals surface area contributed by atoms with Crippen LogP contribution in [-0.4, -0.2) is 35.0 Å². The molecule has 1 aromatic carbocycles. The molecule has 1 aliphatic rings. The average molecular weight is 296 g/mol. The maximum atomic E-state index is 13.7. The molecule has 1 atom stereocenters. The van der Waals surface area contributed by atoms with Gasteiger partial charge in [-0.15, -0.1) is 0 Å². The Bertz CT molecular complexity index is 436. The first-order chi connectivity index (χ1) is 9.48. The lowest BCUT2D eigenvalue weighted by atomic mass is 10.0. The molecular formula is C16H25FN2S. The minimum absolute atomic E-state index is 0.187. The van der Waals surface area contributed by atoms with Crippen LogP contribution >= 0.6 is 11.8 Å². The molecule has 2 rings (SSSR count). The number of benzene rings is 1. The van der Waals surface area contributed by atoms with Gasteiger partial charge in [0, 0.05) is 28.6 Å². The van der Waals surface area contributed by atoms with E-state index in [4.69, 9.17) is 5.73 Å². The summed E-state index contributed by atoms with van der Waals surface area (Å²) in [5.74, 6) is 0.981. The minimum Gasteiger partial charge on any atom is -0.324 e. The van der Waals surface area contributed by atoms with Gasteiger partial charge in [-0.2, -0.15) is 11.8 Å². The second kappa shape index (κ2) is 6.92. The first kappa shape index (κ1) is 15.8. The normalized spacial score (nSPS) is 21.4. The number of nitrogens with zero attached hydrogens (tertiary/aromatic N) is 1. The Labute approximate surface area is 125 Å². The maximum Gasteiger partial charge on any atom is 0.127 e. The Kier molecular flexibility index (Phi) is 5.47. The third-order valence-electron chi connectivity index (χ3n) is 3.99. The molecule has 4 heteroatoms. The molecule has 112 valence electrons. The van der Waals surface area contributed by atoms with Crippen molar-refractivity contribution in [3.63, 3.8) is 0 Å². The van der Waals surface area contributed by atoms with Gasteiger partial charge < -0.3 is 10.6 Å². The quantitative estimate of drug-likeness (QED) is 0.923. The molecule has 1 fully saturated rings. The second-order valence-corrected chi connectivity index (χ2v) is 7.92. The summed E-state index contributed by atoms with van der Waals surface area (Å²) in [5.41, 5.74) is 6.77. The molecule has 2 N–H and O–H groups in total. The lowest BCUT2D eigenvalue weighted by Gasteiger charge is -2.23. The highest BCUT2D eigenvalue weighted by Gasteiger charge is 2.23. The van der Waals surface area contributed by atoms with E-state index in [2.05, 4.69) is 18.7 Å². The lowest BCUT2D eigenvalue weighted by molar-refractivity contribution is 0.272. The first-order valence-corrected chi connectivity index (χ1v) is 8.33. The van der Waals surface area contributed by atoms with Gasteiger partial charge in [0.25, 0.3) is 0 Å². The Morgan fingerprint density at radius 3 is 2.85 bits per heavy atom. The van der Waals surface area contributed by atoms with E-state index in [9.17, 15) is 4.39 Å². The van der Waals surface area contributed by atoms with Crippen LogP contribution in [0.2, 0.25) is 0 Å². The summed E-state index contributed by atoms with van der Waals surface area (Å²) in [4.78, 5) is 2.46. The van der Waals surface area contributed by atoms with Crippen LogP contribution in [0.4, 0.5) is 4.39 Å². The summed E-state index contributed by atoms with van der Waals surface area (Å²) in [6.07, 6.45) is 2.01. The molecule has 1 unspecified atom stereocenters. The van der Waals surface area contributed by atoms with Crippen molar-refractivity contribution in [3.8, 4) is 0 Å². The smallest absolute Gasteiger partial charge is 0.127 e. The number of hydrogen-bond acceptors (Lipinski definition) is 3. The number of nitrogens with two attached hydrogens (primary N) is 1. The summed E-state index contributed by atoms with van der Waals surface area (Å²) < 4.78 is 14.1. The van der Waals surface area contributed by atoms with Crippen molar-refractivity contribution in [2.45, 2.75) is 37.5 Å². The van der Waals surface area contributed by atoms with Gasteiger partial charge in [-0.05, 0) is 32.0 Å². The topological polar surface area (TPSA) is 29.3 Å². The summed E-state index contributed by atoms with van der Waals surface area (Å²) in [6, 6.07) is 6.63. The first-order valence-electron chi connectivity index (χ1n) is 7.34. The Hall–Kier alpha value is -0.580. The van der Waals surface area contributed by atoms with Gasteiger partial charge in [0.1, 0.15) is 5.82 Å². The number of thioether (sulfide) groups is 1. The molecule has 1 aliphatic heterocycles. The van der Waals surface area contributed by atoms with Gasteiger partial charge in [0.05, 0.1) is 0 Å². The van der Waals surface area contributed by atoms with Gasteiger partial charge >= 0.3 is 0 Å². The van der Waals surface area contributed by atoms with Gasteiger partial charge in [-0.25, -0.2) is 4.39 Å². The molecule has 1 aromatic rings. The molecule has 0 aromatic heterocycles. The summed E-state index contributed by atoms with van der Waals surface area (Å²) >= 11 is 2.05. The van der Waals surface area contributed by atoms with Crippen molar-refractivity contribution in [2.24, 2.45) is 5.73 Å². The fourth-order valence-electron chi connectivity index (χ4n) is 2.54. The van der Waals surface area contributed by atoms with E-state index in [1.54, 1.807) is 12.1 Å². The highest BCUT2D eigenvalue weighted by atomic mass is 32.2. The fourth-order valence-corrected chi connectivity index (χ4v) is 3.68. The molecule has 20 heavy (non-hydrogen) atoms. The third-order valence-corrected chi connectivity index (χ3v) is 5.36. The molecule has 0 radical (unpaired) electrons. The molecule has 0 bridgehead atoms. The average Bonchev–Trinajstić information content (AvgIpc) is 2.57. The maximum absolute atomic E-state index is 13.7. The van der Waals surface area contributed by atoms with Gasteiger partial charge in [-0.1, -0.05) is 32.0 Å². The van der Waals surface area contributed by atoms with Crippen LogP contribution in [0, 0.1) is 5.82 Å². The van der Waals surface area contributed by atoms with Crippen LogP contribution in [0.1, 0.15) is 38.3 Å². The molecular weight excluding hydrogens is 271 g/mol. The number of hydrogen-bond donors (Lipinski definition) is 1. The standard InChI is InChI=1S/C16H25FN2S/c1-16(2)8-10-19(11-12-20-16)9-7-15(18)13-5-3-4-6-14(13)17/h3-6,15H,7-12,18H2,1-2H3. The van der Waals surface area contributed by atoms with Crippen LogP contribution in [0.3, 0.4) is 0 Å². The SMILES string of the molecule is CC1(C)CCN(CCC(N)c2ccccc2F)CCS1. The van der Waals surface area contributed by atoms with E-state index in [-0.39, 0.29) is 11.9 Å². The van der Waals surface area contributed by atoms with Gasteiger partial charge in [0.15, 0.2) is 0 Å². The molecule has 1 saturated heterocycles. The van der Waals surface area contributed by atoms with Crippen molar-refractivity contribution < 1.29 is 4.39 Å². The lowest BCUT2D eigenvalue weighted by Crippen LogP contribution is -2.30. The molecule has 1 heterocycles. The van der Waals surface area contributed by atoms with Crippen molar-refractivity contribution in [3.05, 3.63) is 35.6 Å². The van der Waals surface area contributed by atoms with E-state index in [1.165, 1.54) is 18.2 Å². The van der Waals surface area contributed by atoms with Crippen LogP contribution in [-0.2, 0) is 0 Å². The minimum atomic E-state index is -0.208. The predicted molar refractivity (Wildman–Crippen MR) is 85.5 cm³/mol. The predicted octanol–water partition coefficient (Wildman–Crippen LogP) is 3.43. The number of rotatable bonds is 4. The highest BCUT2D eigenvalue weighted by molar-refractivity contribution is 8.00. The Morgan fingerprint density at radius 1 is 1.35 bits per heavy atom. The van der Waals surface area contributed by atoms with Crippen molar-refractivity contribution >= 4 is 11.8 Å². The molecule has 2 nitrogen and oxygen atoms in total. The van der Waals surface area contributed by atoms with E-state index < -0.39 is 0 Å². The molecule has 0 aliphatic carbocycles. The zero-order valence-electron chi connectivity index (χ0n) is 12.4. The monoisotopic (exact) mass is 296 g/mol. The van der Waals surface area contributed by atoms with Crippen LogP contribution in [0.25, 0.3) is 0 Å². The Morgan fingerprint density at radius 2 is 2.10 bits per heavy atom. The Balaban J connectivity index is 1.84. The summed E-state index contributed by atoms with van der Waals surface area (Å²) in [6.45, 7) is 7.80. The molecule has 0 spiro atoms. The second-order valence-electron chi connectivity index (χ2n) is 6.12. The van der Waals surface area contributed by atoms with Gasteiger partial charge in [-0.3, -0.25) is 0 Å². The zero-order chi connectivity index (χ0) is 14.6. The van der Waals surface area contributed by atoms with Crippen molar-refractivity contribution in [1.29, 1.82) is 0 Å². The van der Waals surface area contributed by atoms with Crippen LogP contribution < -0.4 is 5.73 Å². The number of halogens is 1. The van der Waals surface area contributed by atoms with E-state index in [0.29, 0.717) is 10.3 Å². The molecule has 0 amide bonds. The van der Waals surface area contributed by atoms with Crippen molar-refractivity contribution in [1.82, 2.24) is 4.90 Å². The summed E-state index contributed by atoms with van der Waals surface area (Å²) in [7, 11) is 0.